The highest BCUT2D eigenvalue weighted by Gasteiger charge is 2.50. The third-order valence-electron chi connectivity index (χ3n) is 7.22. The second kappa shape index (κ2) is 10.4. The highest BCUT2D eigenvalue weighted by molar-refractivity contribution is 8.13. The van der Waals surface area contributed by atoms with Crippen molar-refractivity contribution in [1.29, 1.82) is 0 Å². The Bertz CT molecular complexity index is 695. The van der Waals surface area contributed by atoms with Gasteiger partial charge in [-0.1, -0.05) is 11.8 Å². The first-order chi connectivity index (χ1) is 14.0. The lowest BCUT2D eigenvalue weighted by Crippen LogP contribution is -2.48. The summed E-state index contributed by atoms with van der Waals surface area (Å²) in [6, 6.07) is 3.83. The van der Waals surface area contributed by atoms with Crippen LogP contribution in [-0.4, -0.2) is 39.9 Å². The van der Waals surface area contributed by atoms with Crippen LogP contribution >= 0.6 is 24.2 Å². The van der Waals surface area contributed by atoms with Crippen molar-refractivity contribution in [2.24, 2.45) is 23.2 Å². The number of pyridine rings is 1. The molecule has 4 saturated carbocycles. The second-order valence-electron chi connectivity index (χ2n) is 9.51. The Hall–Kier alpha value is -1.27. The molecule has 5 rings (SSSR count). The molecule has 4 aliphatic rings. The molecule has 0 aliphatic heterocycles. The standard InChI is InChI=1S/C23H33N3O2S.ClH/c1-17(27)29-9-8-26(22(28)25-16-18-2-5-24-6-3-18)7-4-23-13-19-10-20(14-23)12-21(11-19)15-23;/h2-3,5-6,19-21H,4,7-16H2,1H3,(H,25,28);1H. The van der Waals surface area contributed by atoms with Crippen LogP contribution in [0.1, 0.15) is 57.4 Å². The number of carbonyl (C=O) groups excluding carboxylic acids is 2. The summed E-state index contributed by atoms with van der Waals surface area (Å²) in [6.07, 6.45) is 13.1. The van der Waals surface area contributed by atoms with Gasteiger partial charge in [0.15, 0.2) is 5.12 Å². The van der Waals surface area contributed by atoms with Crippen molar-refractivity contribution in [1.82, 2.24) is 15.2 Å². The second-order valence-corrected chi connectivity index (χ2v) is 10.8. The molecule has 0 radical (unpaired) electrons. The van der Waals surface area contributed by atoms with Crippen LogP contribution in [0.2, 0.25) is 0 Å². The van der Waals surface area contributed by atoms with E-state index in [1.54, 1.807) is 19.3 Å². The van der Waals surface area contributed by atoms with E-state index in [9.17, 15) is 9.59 Å². The van der Waals surface area contributed by atoms with Crippen molar-refractivity contribution in [2.45, 2.75) is 58.4 Å². The monoisotopic (exact) mass is 451 g/mol. The Kier molecular flexibility index (Phi) is 8.08. The maximum atomic E-state index is 12.9. The van der Waals surface area contributed by atoms with Crippen LogP contribution in [-0.2, 0) is 11.3 Å². The third kappa shape index (κ3) is 5.91. The predicted octanol–water partition coefficient (Wildman–Crippen LogP) is 4.90. The van der Waals surface area contributed by atoms with E-state index in [0.29, 0.717) is 24.3 Å². The molecular formula is C23H34ClN3O2S. The summed E-state index contributed by atoms with van der Waals surface area (Å²) in [7, 11) is 0. The molecule has 0 unspecified atom stereocenters. The number of urea groups is 1. The number of hydrogen-bond donors (Lipinski definition) is 1. The minimum Gasteiger partial charge on any atom is -0.334 e. The SMILES string of the molecule is CC(=O)SCCN(CCC12CC3CC(CC(C3)C1)C2)C(=O)NCc1ccncc1.Cl. The Morgan fingerprint density at radius 1 is 1.10 bits per heavy atom. The highest BCUT2D eigenvalue weighted by atomic mass is 35.5. The first-order valence-corrected chi connectivity index (χ1v) is 12.0. The first-order valence-electron chi connectivity index (χ1n) is 11.1. The third-order valence-corrected chi connectivity index (χ3v) is 8.02. The zero-order chi connectivity index (χ0) is 20.3. The van der Waals surface area contributed by atoms with Gasteiger partial charge in [-0.2, -0.15) is 0 Å². The van der Waals surface area contributed by atoms with E-state index < -0.39 is 0 Å². The van der Waals surface area contributed by atoms with Crippen molar-refractivity contribution in [3.05, 3.63) is 30.1 Å². The van der Waals surface area contributed by atoms with Crippen molar-refractivity contribution in [3.8, 4) is 0 Å². The van der Waals surface area contributed by atoms with Gasteiger partial charge in [-0.05, 0) is 85.8 Å². The fourth-order valence-corrected chi connectivity index (χ4v) is 6.97. The molecule has 1 aromatic heterocycles. The normalized spacial score (nSPS) is 28.6. The van der Waals surface area contributed by atoms with Gasteiger partial charge in [-0.15, -0.1) is 12.4 Å². The summed E-state index contributed by atoms with van der Waals surface area (Å²) >= 11 is 1.31. The van der Waals surface area contributed by atoms with E-state index in [1.165, 1.54) is 50.3 Å². The van der Waals surface area contributed by atoms with Crippen molar-refractivity contribution < 1.29 is 9.59 Å². The summed E-state index contributed by atoms with van der Waals surface area (Å²) < 4.78 is 0. The van der Waals surface area contributed by atoms with E-state index in [1.807, 2.05) is 17.0 Å². The van der Waals surface area contributed by atoms with E-state index in [0.717, 1.165) is 36.3 Å². The van der Waals surface area contributed by atoms with Crippen LogP contribution in [0.5, 0.6) is 0 Å². The molecular weight excluding hydrogens is 418 g/mol. The maximum absolute atomic E-state index is 12.9. The molecule has 4 fully saturated rings. The predicted molar refractivity (Wildman–Crippen MR) is 124 cm³/mol. The smallest absolute Gasteiger partial charge is 0.317 e. The average molecular weight is 452 g/mol. The average Bonchev–Trinajstić information content (AvgIpc) is 2.68. The number of amides is 2. The lowest BCUT2D eigenvalue weighted by Gasteiger charge is -2.57. The summed E-state index contributed by atoms with van der Waals surface area (Å²) in [5.41, 5.74) is 1.51. The van der Waals surface area contributed by atoms with Crippen LogP contribution < -0.4 is 5.32 Å². The molecule has 166 valence electrons. The number of aromatic nitrogens is 1. The lowest BCUT2D eigenvalue weighted by atomic mass is 9.49. The van der Waals surface area contributed by atoms with Gasteiger partial charge >= 0.3 is 6.03 Å². The topological polar surface area (TPSA) is 62.3 Å². The fourth-order valence-electron chi connectivity index (χ4n) is 6.37. The molecule has 1 N–H and O–H groups in total. The minimum atomic E-state index is -0.0179. The number of thioether (sulfide) groups is 1. The van der Waals surface area contributed by atoms with Crippen molar-refractivity contribution >= 4 is 35.3 Å². The van der Waals surface area contributed by atoms with Crippen molar-refractivity contribution in [2.75, 3.05) is 18.8 Å². The summed E-state index contributed by atoms with van der Waals surface area (Å²) in [4.78, 5) is 30.2. The molecule has 2 amide bonds. The largest absolute Gasteiger partial charge is 0.334 e. The molecule has 0 atom stereocenters. The molecule has 0 aromatic carbocycles. The summed E-state index contributed by atoms with van der Waals surface area (Å²) in [5.74, 6) is 3.47. The van der Waals surface area contributed by atoms with Crippen LogP contribution in [0.15, 0.2) is 24.5 Å². The van der Waals surface area contributed by atoms with E-state index in [4.69, 9.17) is 0 Å². The quantitative estimate of drug-likeness (QED) is 0.610. The van der Waals surface area contributed by atoms with Crippen molar-refractivity contribution in [3.63, 3.8) is 0 Å². The zero-order valence-electron chi connectivity index (χ0n) is 17.8. The number of halogens is 1. The molecule has 0 saturated heterocycles. The van der Waals surface area contributed by atoms with Crippen LogP contribution in [0, 0.1) is 23.2 Å². The van der Waals surface area contributed by atoms with Gasteiger partial charge < -0.3 is 10.2 Å². The molecule has 4 aliphatic carbocycles. The minimum absolute atomic E-state index is 0. The lowest BCUT2D eigenvalue weighted by molar-refractivity contribution is -0.109. The fraction of sp³-hybridized carbons (Fsp3) is 0.696. The van der Waals surface area contributed by atoms with Gasteiger partial charge in [-0.25, -0.2) is 4.79 Å². The molecule has 4 bridgehead atoms. The van der Waals surface area contributed by atoms with E-state index in [2.05, 4.69) is 10.3 Å². The number of hydrogen-bond acceptors (Lipinski definition) is 4. The molecule has 30 heavy (non-hydrogen) atoms. The van der Waals surface area contributed by atoms with Crippen LogP contribution in [0.4, 0.5) is 4.79 Å². The number of rotatable bonds is 8. The summed E-state index contributed by atoms with van der Waals surface area (Å²) in [6.45, 7) is 3.52. The maximum Gasteiger partial charge on any atom is 0.317 e. The number of carbonyl (C=O) groups is 2. The van der Waals surface area contributed by atoms with Gasteiger partial charge in [0, 0.05) is 44.7 Å². The Morgan fingerprint density at radius 2 is 1.70 bits per heavy atom. The Morgan fingerprint density at radius 3 is 2.27 bits per heavy atom. The van der Waals surface area contributed by atoms with Gasteiger partial charge in [0.2, 0.25) is 0 Å². The van der Waals surface area contributed by atoms with Crippen LogP contribution in [0.25, 0.3) is 0 Å². The molecule has 1 aromatic rings. The van der Waals surface area contributed by atoms with E-state index in [-0.39, 0.29) is 23.6 Å². The first kappa shape index (κ1) is 23.4. The Labute approximate surface area is 190 Å². The Balaban J connectivity index is 0.00000256. The van der Waals surface area contributed by atoms with Gasteiger partial charge in [0.25, 0.3) is 0 Å². The number of nitrogens with zero attached hydrogens (tertiary/aromatic N) is 2. The molecule has 1 heterocycles. The molecule has 7 heteroatoms. The van der Waals surface area contributed by atoms with E-state index >= 15 is 0 Å². The highest BCUT2D eigenvalue weighted by Crippen LogP contribution is 2.61. The van der Waals surface area contributed by atoms with Crippen LogP contribution in [0.3, 0.4) is 0 Å². The molecule has 5 nitrogen and oxygen atoms in total. The number of nitrogens with one attached hydrogen (secondary N) is 1. The van der Waals surface area contributed by atoms with Gasteiger partial charge in [0.05, 0.1) is 0 Å². The summed E-state index contributed by atoms with van der Waals surface area (Å²) in [5, 5.41) is 3.17. The zero-order valence-corrected chi connectivity index (χ0v) is 19.5. The van der Waals surface area contributed by atoms with Gasteiger partial charge in [0.1, 0.15) is 0 Å². The van der Waals surface area contributed by atoms with Gasteiger partial charge in [-0.3, -0.25) is 9.78 Å². The molecule has 0 spiro atoms.